The Morgan fingerprint density at radius 2 is 2.00 bits per heavy atom. The average Bonchev–Trinajstić information content (AvgIpc) is 3.22. The number of para-hydroxylation sites is 2. The molecule has 0 fully saturated rings. The third kappa shape index (κ3) is 3.38. The maximum atomic E-state index is 12.4. The summed E-state index contributed by atoms with van der Waals surface area (Å²) < 4.78 is 3.96. The van der Waals surface area contributed by atoms with Crippen LogP contribution in [0.2, 0.25) is 0 Å². The van der Waals surface area contributed by atoms with Crippen molar-refractivity contribution in [2.75, 3.05) is 0 Å². The van der Waals surface area contributed by atoms with E-state index in [9.17, 15) is 9.90 Å². The number of nitrogens with one attached hydrogen (secondary N) is 2. The highest BCUT2D eigenvalue weighted by atomic mass is 16.3. The Morgan fingerprint density at radius 1 is 1.22 bits per heavy atom. The largest absolute Gasteiger partial charge is 0.387 e. The Labute approximate surface area is 187 Å². The molecule has 0 bridgehead atoms. The number of aromatic amines is 1. The highest BCUT2D eigenvalue weighted by molar-refractivity contribution is 5.85. The SMILES string of the molecule is CC(CC(C)(C)c1cn(C)c2ccccc12)NC1CCn2c(=O)[nH]c3cccc(c32)C1O. The van der Waals surface area contributed by atoms with Gasteiger partial charge in [0, 0.05) is 48.3 Å². The predicted octanol–water partition coefficient (Wildman–Crippen LogP) is 3.97. The fraction of sp³-hybridized carbons (Fsp3) is 0.423. The number of H-pyrrole nitrogens is 1. The number of nitrogens with zero attached hydrogens (tertiary/aromatic N) is 2. The Kier molecular flexibility index (Phi) is 5.02. The molecule has 5 rings (SSSR count). The van der Waals surface area contributed by atoms with Crippen molar-refractivity contribution in [3.63, 3.8) is 0 Å². The van der Waals surface area contributed by atoms with Gasteiger partial charge in [0.05, 0.1) is 17.1 Å². The summed E-state index contributed by atoms with van der Waals surface area (Å²) in [6.07, 6.45) is 3.21. The van der Waals surface area contributed by atoms with Crippen LogP contribution in [-0.4, -0.2) is 31.3 Å². The molecule has 3 heterocycles. The van der Waals surface area contributed by atoms with Crippen LogP contribution in [-0.2, 0) is 19.0 Å². The first-order valence-electron chi connectivity index (χ1n) is 11.5. The van der Waals surface area contributed by atoms with Crippen LogP contribution in [0.15, 0.2) is 53.5 Å². The van der Waals surface area contributed by atoms with Crippen LogP contribution >= 0.6 is 0 Å². The molecule has 0 aliphatic carbocycles. The molecule has 168 valence electrons. The highest BCUT2D eigenvalue weighted by Crippen LogP contribution is 2.36. The molecule has 2 aromatic heterocycles. The van der Waals surface area contributed by atoms with E-state index in [1.807, 2.05) is 18.2 Å². The predicted molar refractivity (Wildman–Crippen MR) is 129 cm³/mol. The third-order valence-corrected chi connectivity index (χ3v) is 7.13. The lowest BCUT2D eigenvalue weighted by molar-refractivity contribution is 0.116. The minimum Gasteiger partial charge on any atom is -0.387 e. The van der Waals surface area contributed by atoms with E-state index in [-0.39, 0.29) is 23.2 Å². The first-order valence-corrected chi connectivity index (χ1v) is 11.5. The van der Waals surface area contributed by atoms with Crippen molar-refractivity contribution in [2.24, 2.45) is 7.05 Å². The van der Waals surface area contributed by atoms with Crippen molar-refractivity contribution in [1.29, 1.82) is 0 Å². The third-order valence-electron chi connectivity index (χ3n) is 7.13. The number of aromatic nitrogens is 3. The van der Waals surface area contributed by atoms with Crippen LogP contribution in [0.25, 0.3) is 21.9 Å². The molecule has 1 aliphatic heterocycles. The number of benzene rings is 2. The lowest BCUT2D eigenvalue weighted by Gasteiger charge is -2.32. The van der Waals surface area contributed by atoms with Gasteiger partial charge in [0.1, 0.15) is 0 Å². The molecule has 4 aromatic rings. The summed E-state index contributed by atoms with van der Waals surface area (Å²) in [5, 5.41) is 16.2. The van der Waals surface area contributed by atoms with Crippen molar-refractivity contribution in [3.05, 3.63) is 70.3 Å². The molecular formula is C26H32N4O2. The van der Waals surface area contributed by atoms with Gasteiger partial charge in [0.15, 0.2) is 0 Å². The van der Waals surface area contributed by atoms with Crippen LogP contribution in [0.5, 0.6) is 0 Å². The molecule has 2 aromatic carbocycles. The van der Waals surface area contributed by atoms with Crippen molar-refractivity contribution in [3.8, 4) is 0 Å². The molecule has 0 radical (unpaired) electrons. The first-order chi connectivity index (χ1) is 15.3. The van der Waals surface area contributed by atoms with E-state index < -0.39 is 6.10 Å². The van der Waals surface area contributed by atoms with Crippen molar-refractivity contribution < 1.29 is 5.11 Å². The highest BCUT2D eigenvalue weighted by Gasteiger charge is 2.32. The molecule has 3 atom stereocenters. The smallest absolute Gasteiger partial charge is 0.326 e. The number of aliphatic hydroxyl groups excluding tert-OH is 1. The van der Waals surface area contributed by atoms with E-state index >= 15 is 0 Å². The van der Waals surface area contributed by atoms with Crippen molar-refractivity contribution in [2.45, 2.75) is 63.8 Å². The van der Waals surface area contributed by atoms with Crippen LogP contribution in [0.1, 0.15) is 50.8 Å². The number of fused-ring (bicyclic) bond motifs is 1. The minimum atomic E-state index is -0.661. The minimum absolute atomic E-state index is 0.0363. The molecule has 3 unspecified atom stereocenters. The molecule has 0 amide bonds. The standard InChI is InChI=1S/C26H32N4O2/c1-16(14-26(2,3)19-15-29(4)22-11-6-5-8-17(19)22)27-21-12-13-30-23-18(24(21)31)9-7-10-20(23)28-25(30)32/h5-11,15-16,21,24,27,31H,12-14H2,1-4H3,(H,28,32). The number of imidazole rings is 1. The summed E-state index contributed by atoms with van der Waals surface area (Å²) in [7, 11) is 2.10. The normalized spacial score (nSPS) is 20.0. The summed E-state index contributed by atoms with van der Waals surface area (Å²) in [5.74, 6) is 0. The summed E-state index contributed by atoms with van der Waals surface area (Å²) >= 11 is 0. The van der Waals surface area contributed by atoms with E-state index in [4.69, 9.17) is 0 Å². The molecule has 6 heteroatoms. The van der Waals surface area contributed by atoms with Crippen LogP contribution in [0, 0.1) is 0 Å². The maximum absolute atomic E-state index is 12.4. The molecule has 0 saturated heterocycles. The van der Waals surface area contributed by atoms with Crippen molar-refractivity contribution in [1.82, 2.24) is 19.4 Å². The van der Waals surface area contributed by atoms with Crippen LogP contribution in [0.3, 0.4) is 0 Å². The number of hydrogen-bond acceptors (Lipinski definition) is 3. The molecule has 3 N–H and O–H groups in total. The second-order valence-electron chi connectivity index (χ2n) is 9.99. The maximum Gasteiger partial charge on any atom is 0.326 e. The van der Waals surface area contributed by atoms with Gasteiger partial charge in [-0.05, 0) is 42.9 Å². The van der Waals surface area contributed by atoms with Gasteiger partial charge in [0.25, 0.3) is 0 Å². The molecule has 0 spiro atoms. The zero-order valence-electron chi connectivity index (χ0n) is 19.2. The summed E-state index contributed by atoms with van der Waals surface area (Å²) in [5.41, 5.74) is 4.89. The van der Waals surface area contributed by atoms with Gasteiger partial charge in [-0.1, -0.05) is 44.2 Å². The Balaban J connectivity index is 1.38. The second-order valence-corrected chi connectivity index (χ2v) is 9.99. The zero-order valence-corrected chi connectivity index (χ0v) is 19.2. The van der Waals surface area contributed by atoms with Crippen LogP contribution < -0.4 is 11.0 Å². The molecular weight excluding hydrogens is 400 g/mol. The van der Waals surface area contributed by atoms with Gasteiger partial charge in [-0.15, -0.1) is 0 Å². The van der Waals surface area contributed by atoms with Crippen LogP contribution in [0.4, 0.5) is 0 Å². The fourth-order valence-electron chi connectivity index (χ4n) is 5.70. The number of aliphatic hydroxyl groups is 1. The zero-order chi connectivity index (χ0) is 22.6. The molecule has 1 aliphatic rings. The Bertz CT molecular complexity index is 1340. The van der Waals surface area contributed by atoms with Gasteiger partial charge < -0.3 is 20.0 Å². The number of hydrogen-bond donors (Lipinski definition) is 3. The Hall–Kier alpha value is -2.83. The monoisotopic (exact) mass is 432 g/mol. The van der Waals surface area contributed by atoms with Crippen molar-refractivity contribution >= 4 is 21.9 Å². The number of aryl methyl sites for hydroxylation is 2. The molecule has 32 heavy (non-hydrogen) atoms. The quantitative estimate of drug-likeness (QED) is 0.447. The topological polar surface area (TPSA) is 75.0 Å². The van der Waals surface area contributed by atoms with E-state index in [1.54, 1.807) is 4.57 Å². The lowest BCUT2D eigenvalue weighted by Crippen LogP contribution is -2.43. The first kappa shape index (κ1) is 21.0. The summed E-state index contributed by atoms with van der Waals surface area (Å²) in [4.78, 5) is 15.3. The van der Waals surface area contributed by atoms with E-state index in [0.717, 1.165) is 23.0 Å². The summed E-state index contributed by atoms with van der Waals surface area (Å²) in [6, 6.07) is 14.4. The summed E-state index contributed by atoms with van der Waals surface area (Å²) in [6.45, 7) is 7.37. The van der Waals surface area contributed by atoms with Gasteiger partial charge in [-0.3, -0.25) is 4.57 Å². The fourth-order valence-corrected chi connectivity index (χ4v) is 5.70. The lowest BCUT2D eigenvalue weighted by atomic mass is 9.79. The number of rotatable bonds is 5. The van der Waals surface area contributed by atoms with E-state index in [0.29, 0.717) is 13.0 Å². The average molecular weight is 433 g/mol. The van der Waals surface area contributed by atoms with Gasteiger partial charge in [0.2, 0.25) is 0 Å². The second kappa shape index (κ2) is 7.64. The van der Waals surface area contributed by atoms with Gasteiger partial charge >= 0.3 is 5.69 Å². The van der Waals surface area contributed by atoms with E-state index in [1.165, 1.54) is 16.5 Å². The van der Waals surface area contributed by atoms with E-state index in [2.05, 4.69) is 73.1 Å². The van der Waals surface area contributed by atoms with Gasteiger partial charge in [-0.2, -0.15) is 0 Å². The Morgan fingerprint density at radius 3 is 2.81 bits per heavy atom. The molecule has 6 nitrogen and oxygen atoms in total. The van der Waals surface area contributed by atoms with Gasteiger partial charge in [-0.25, -0.2) is 4.79 Å². The molecule has 0 saturated carbocycles.